The third-order valence-electron chi connectivity index (χ3n) is 3.47. The predicted octanol–water partition coefficient (Wildman–Crippen LogP) is 2.28. The van der Waals surface area contributed by atoms with E-state index in [4.69, 9.17) is 20.6 Å². The smallest absolute Gasteiger partial charge is 0.257 e. The molecule has 0 bridgehead atoms. The minimum absolute atomic E-state index is 0.0167. The molecule has 2 unspecified atom stereocenters. The van der Waals surface area contributed by atoms with Gasteiger partial charge in [0.25, 0.3) is 5.91 Å². The monoisotopic (exact) mass is 417 g/mol. The van der Waals surface area contributed by atoms with E-state index in [1.54, 1.807) is 5.06 Å². The van der Waals surface area contributed by atoms with Crippen LogP contribution in [-0.4, -0.2) is 48.4 Å². The van der Waals surface area contributed by atoms with Crippen molar-refractivity contribution in [3.63, 3.8) is 0 Å². The molecule has 148 valence electrons. The molecule has 2 N–H and O–H groups in total. The number of rotatable bonds is 11. The first-order valence-corrected chi connectivity index (χ1v) is 9.52. The van der Waals surface area contributed by atoms with Gasteiger partial charge in [-0.3, -0.25) is 9.59 Å². The molecule has 0 radical (unpaired) electrons. The molecule has 1 aliphatic heterocycles. The van der Waals surface area contributed by atoms with Crippen LogP contribution in [0.25, 0.3) is 0 Å². The molecule has 1 saturated heterocycles. The molecular weight excluding hydrogens is 397 g/mol. The lowest BCUT2D eigenvalue weighted by atomic mass is 10.3. The van der Waals surface area contributed by atoms with E-state index in [0.717, 1.165) is 24.7 Å². The highest BCUT2D eigenvalue weighted by molar-refractivity contribution is 7.95. The Bertz CT molecular complexity index is 707. The number of nitrogens with zero attached hydrogens (tertiary/aromatic N) is 1. The zero-order valence-corrected chi connectivity index (χ0v) is 16.4. The molecule has 1 aromatic rings. The lowest BCUT2D eigenvalue weighted by Crippen LogP contribution is -2.32. The molecule has 7 nitrogen and oxygen atoms in total. The van der Waals surface area contributed by atoms with Gasteiger partial charge in [0, 0.05) is 49.4 Å². The first-order valence-electron chi connectivity index (χ1n) is 8.23. The number of nitrogens with one attached hydrogen (secondary N) is 2. The second-order valence-electron chi connectivity index (χ2n) is 5.90. The second kappa shape index (κ2) is 10.5. The number of amides is 2. The highest BCUT2D eigenvalue weighted by atomic mass is 35.5. The number of hydroxylamine groups is 2. The summed E-state index contributed by atoms with van der Waals surface area (Å²) in [4.78, 5) is 23.4. The van der Waals surface area contributed by atoms with E-state index in [1.165, 1.54) is 12.1 Å². The van der Waals surface area contributed by atoms with E-state index < -0.39 is 5.82 Å². The van der Waals surface area contributed by atoms with E-state index in [1.807, 2.05) is 6.92 Å². The van der Waals surface area contributed by atoms with Crippen LogP contribution in [0.15, 0.2) is 30.5 Å². The van der Waals surface area contributed by atoms with E-state index in [9.17, 15) is 14.0 Å². The van der Waals surface area contributed by atoms with Crippen LogP contribution in [0.5, 0.6) is 5.75 Å². The molecule has 2 atom stereocenters. The maximum Gasteiger partial charge on any atom is 0.257 e. The molecule has 1 fully saturated rings. The van der Waals surface area contributed by atoms with Gasteiger partial charge in [0.2, 0.25) is 5.91 Å². The number of hydrogen-bond acceptors (Lipinski definition) is 6. The third kappa shape index (κ3) is 8.17. The zero-order chi connectivity index (χ0) is 19.8. The van der Waals surface area contributed by atoms with Gasteiger partial charge >= 0.3 is 0 Å². The van der Waals surface area contributed by atoms with Gasteiger partial charge in [-0.05, 0) is 19.1 Å². The third-order valence-corrected chi connectivity index (χ3v) is 4.45. The minimum atomic E-state index is -0.617. The largest absolute Gasteiger partial charge is 0.484 e. The number of carbonyl (C=O) groups excluding carboxylic acids is 2. The number of benzene rings is 1. The molecule has 2 rings (SSSR count). The van der Waals surface area contributed by atoms with Crippen LogP contribution in [0.2, 0.25) is 5.02 Å². The molecule has 10 heteroatoms. The molecule has 1 heterocycles. The van der Waals surface area contributed by atoms with Crippen molar-refractivity contribution < 1.29 is 23.0 Å². The summed E-state index contributed by atoms with van der Waals surface area (Å²) >= 11 is 6.63. The summed E-state index contributed by atoms with van der Waals surface area (Å²) in [5.74, 6) is -0.852. The Labute approximate surface area is 166 Å². The lowest BCUT2D eigenvalue weighted by Gasteiger charge is -2.10. The summed E-state index contributed by atoms with van der Waals surface area (Å²) in [5, 5.41) is 7.01. The van der Waals surface area contributed by atoms with Crippen LogP contribution >= 0.6 is 23.6 Å². The fraction of sp³-hybridized carbons (Fsp3) is 0.412. The number of halogens is 2. The van der Waals surface area contributed by atoms with Gasteiger partial charge in [-0.25, -0.2) is 8.67 Å². The van der Waals surface area contributed by atoms with Crippen LogP contribution in [0, 0.1) is 5.82 Å². The minimum Gasteiger partial charge on any atom is -0.484 e. The molecule has 0 aliphatic carbocycles. The van der Waals surface area contributed by atoms with Gasteiger partial charge in [-0.15, -0.1) is 0 Å². The van der Waals surface area contributed by atoms with E-state index in [-0.39, 0.29) is 41.5 Å². The summed E-state index contributed by atoms with van der Waals surface area (Å²) in [6.07, 6.45) is 0.377. The Balaban J connectivity index is 1.53. The SMILES string of the molecule is C=C(CCNC(=O)COc1ccc(Cl)c(F)c1)NC(=O)CSON1CC1C. The van der Waals surface area contributed by atoms with Crippen molar-refractivity contribution in [3.05, 3.63) is 41.3 Å². The maximum atomic E-state index is 13.3. The van der Waals surface area contributed by atoms with Crippen molar-refractivity contribution in [2.75, 3.05) is 25.4 Å². The van der Waals surface area contributed by atoms with Gasteiger partial charge in [0.05, 0.1) is 5.02 Å². The molecule has 0 saturated carbocycles. The number of hydrogen-bond donors (Lipinski definition) is 2. The van der Waals surface area contributed by atoms with Crippen LogP contribution in [0.4, 0.5) is 4.39 Å². The Morgan fingerprint density at radius 1 is 1.44 bits per heavy atom. The fourth-order valence-corrected chi connectivity index (χ4v) is 2.57. The molecule has 27 heavy (non-hydrogen) atoms. The van der Waals surface area contributed by atoms with E-state index >= 15 is 0 Å². The molecular formula is C17H21ClFN3O4S. The zero-order valence-electron chi connectivity index (χ0n) is 14.8. The fourth-order valence-electron chi connectivity index (χ4n) is 1.88. The standard InChI is InChI=1S/C17H21ClFN3O4S/c1-11(21-17(24)10-27-26-22-8-12(22)2)5-6-20-16(23)9-25-13-3-4-14(18)15(19)7-13/h3-4,7,12H,1,5-6,8-10H2,2H3,(H,20,23)(H,21,24). The van der Waals surface area contributed by atoms with Gasteiger partial charge < -0.3 is 15.4 Å². The van der Waals surface area contributed by atoms with Crippen molar-refractivity contribution in [1.82, 2.24) is 15.7 Å². The van der Waals surface area contributed by atoms with E-state index in [2.05, 4.69) is 17.2 Å². The van der Waals surface area contributed by atoms with Crippen molar-refractivity contribution in [2.45, 2.75) is 19.4 Å². The number of carbonyl (C=O) groups is 2. The average molecular weight is 418 g/mol. The molecule has 2 amide bonds. The lowest BCUT2D eigenvalue weighted by molar-refractivity contribution is -0.123. The highest BCUT2D eigenvalue weighted by Crippen LogP contribution is 2.21. The summed E-state index contributed by atoms with van der Waals surface area (Å²) in [6.45, 7) is 6.66. The van der Waals surface area contributed by atoms with Crippen molar-refractivity contribution in [2.24, 2.45) is 0 Å². The Hall–Kier alpha value is -1.81. The highest BCUT2D eigenvalue weighted by Gasteiger charge is 2.31. The molecule has 1 aliphatic rings. The van der Waals surface area contributed by atoms with Crippen molar-refractivity contribution in [3.8, 4) is 5.75 Å². The maximum absolute atomic E-state index is 13.3. The van der Waals surface area contributed by atoms with E-state index in [0.29, 0.717) is 18.2 Å². The normalized spacial score (nSPS) is 17.9. The Kier molecular flexibility index (Phi) is 8.36. The van der Waals surface area contributed by atoms with Crippen LogP contribution in [0.3, 0.4) is 0 Å². The van der Waals surface area contributed by atoms with Crippen molar-refractivity contribution in [1.29, 1.82) is 0 Å². The summed E-state index contributed by atoms with van der Waals surface area (Å²) in [6, 6.07) is 4.33. The van der Waals surface area contributed by atoms with Crippen LogP contribution in [-0.2, 0) is 13.9 Å². The first kappa shape index (κ1) is 21.5. The summed E-state index contributed by atoms with van der Waals surface area (Å²) < 4.78 is 23.7. The Morgan fingerprint density at radius 2 is 2.19 bits per heavy atom. The topological polar surface area (TPSA) is 79.7 Å². The summed E-state index contributed by atoms with van der Waals surface area (Å²) in [7, 11) is 0. The average Bonchev–Trinajstić information content (AvgIpc) is 3.31. The summed E-state index contributed by atoms with van der Waals surface area (Å²) in [5.41, 5.74) is 0.488. The van der Waals surface area contributed by atoms with Crippen molar-refractivity contribution >= 4 is 35.5 Å². The predicted molar refractivity (Wildman–Crippen MR) is 102 cm³/mol. The molecule has 0 aromatic heterocycles. The van der Waals surface area contributed by atoms with Crippen LogP contribution in [0.1, 0.15) is 13.3 Å². The molecule has 0 spiro atoms. The van der Waals surface area contributed by atoms with Gasteiger partial charge in [-0.1, -0.05) is 18.2 Å². The quantitative estimate of drug-likeness (QED) is 0.425. The Morgan fingerprint density at radius 3 is 2.85 bits per heavy atom. The first-order chi connectivity index (χ1) is 12.8. The van der Waals surface area contributed by atoms with Gasteiger partial charge in [-0.2, -0.15) is 5.06 Å². The molecule has 1 aromatic carbocycles. The van der Waals surface area contributed by atoms with Gasteiger partial charge in [0.1, 0.15) is 17.3 Å². The number of ether oxygens (including phenoxy) is 1. The van der Waals surface area contributed by atoms with Gasteiger partial charge in [0.15, 0.2) is 6.61 Å². The second-order valence-corrected chi connectivity index (χ2v) is 6.98. The van der Waals surface area contributed by atoms with Crippen LogP contribution < -0.4 is 15.4 Å².